The molecule has 3 aromatic heterocycles. The minimum Gasteiger partial charge on any atom is -0.507 e. The van der Waals surface area contributed by atoms with Gasteiger partial charge in [0.05, 0.1) is 22.0 Å². The van der Waals surface area contributed by atoms with Crippen LogP contribution >= 0.6 is 0 Å². The second-order valence-corrected chi connectivity index (χ2v) is 7.54. The number of nitrogens with two attached hydrogens (primary N) is 1. The molecule has 0 bridgehead atoms. The molecule has 0 unspecified atom stereocenters. The lowest BCUT2D eigenvalue weighted by Crippen LogP contribution is -2.41. The standard InChI is InChI=1S/C20H20N6O2/c1-10-17-11(9-25(2)24-17)5-14(18(10)27)19-22-8-15-16(23-19)3-4-26(20(15)28)13-6-12(21)7-13/h3-5,8-9,12-13,27H,6-7,21H2,1-2H3/t12-,13+. The average molecular weight is 376 g/mol. The van der Waals surface area contributed by atoms with Crippen molar-refractivity contribution in [1.82, 2.24) is 24.3 Å². The minimum absolute atomic E-state index is 0.0994. The third-order valence-electron chi connectivity index (χ3n) is 5.58. The van der Waals surface area contributed by atoms with Crippen molar-refractivity contribution in [1.29, 1.82) is 0 Å². The molecule has 0 spiro atoms. The first-order chi connectivity index (χ1) is 13.4. The number of phenolic OH excluding ortho intramolecular Hbond substituents is 1. The van der Waals surface area contributed by atoms with Gasteiger partial charge < -0.3 is 15.4 Å². The summed E-state index contributed by atoms with van der Waals surface area (Å²) in [6, 6.07) is 3.95. The summed E-state index contributed by atoms with van der Waals surface area (Å²) in [7, 11) is 1.84. The van der Waals surface area contributed by atoms with Gasteiger partial charge in [-0.25, -0.2) is 9.97 Å². The van der Waals surface area contributed by atoms with Gasteiger partial charge in [-0.2, -0.15) is 5.10 Å². The zero-order valence-corrected chi connectivity index (χ0v) is 15.6. The summed E-state index contributed by atoms with van der Waals surface area (Å²) in [4.78, 5) is 21.7. The van der Waals surface area contributed by atoms with Crippen molar-refractivity contribution >= 4 is 21.8 Å². The lowest BCUT2D eigenvalue weighted by Gasteiger charge is -2.33. The Labute approximate surface area is 160 Å². The Bertz CT molecular complexity index is 1300. The summed E-state index contributed by atoms with van der Waals surface area (Å²) in [5.41, 5.74) is 8.24. The first kappa shape index (κ1) is 16.9. The average Bonchev–Trinajstić information content (AvgIpc) is 3.03. The van der Waals surface area contributed by atoms with Gasteiger partial charge in [0.25, 0.3) is 5.56 Å². The van der Waals surface area contributed by atoms with Crippen LogP contribution in [0.25, 0.3) is 33.2 Å². The molecule has 3 N–H and O–H groups in total. The minimum atomic E-state index is -0.107. The number of rotatable bonds is 2. The molecular weight excluding hydrogens is 356 g/mol. The number of pyridine rings is 1. The van der Waals surface area contributed by atoms with Crippen molar-refractivity contribution in [2.45, 2.75) is 31.8 Å². The molecular formula is C20H20N6O2. The van der Waals surface area contributed by atoms with Gasteiger partial charge in [0.1, 0.15) is 5.75 Å². The van der Waals surface area contributed by atoms with E-state index in [1.54, 1.807) is 15.4 Å². The highest BCUT2D eigenvalue weighted by molar-refractivity contribution is 5.90. The Balaban J connectivity index is 1.64. The van der Waals surface area contributed by atoms with Crippen LogP contribution in [0.3, 0.4) is 0 Å². The molecule has 1 fully saturated rings. The van der Waals surface area contributed by atoms with Crippen molar-refractivity contribution < 1.29 is 5.11 Å². The van der Waals surface area contributed by atoms with Crippen LogP contribution in [0, 0.1) is 6.92 Å². The van der Waals surface area contributed by atoms with Crippen LogP contribution in [-0.2, 0) is 7.05 Å². The molecule has 0 aliphatic heterocycles. The second kappa shape index (κ2) is 5.87. The number of aromatic nitrogens is 5. The number of aromatic hydroxyl groups is 1. The fourth-order valence-electron chi connectivity index (χ4n) is 3.93. The number of benzene rings is 1. The predicted molar refractivity (Wildman–Crippen MR) is 106 cm³/mol. The topological polar surface area (TPSA) is 112 Å². The van der Waals surface area contributed by atoms with Crippen LogP contribution in [0.15, 0.2) is 35.5 Å². The van der Waals surface area contributed by atoms with E-state index < -0.39 is 0 Å². The van der Waals surface area contributed by atoms with E-state index in [2.05, 4.69) is 15.1 Å². The normalized spacial score (nSPS) is 19.2. The molecule has 0 atom stereocenters. The van der Waals surface area contributed by atoms with Gasteiger partial charge in [0, 0.05) is 48.7 Å². The highest BCUT2D eigenvalue weighted by atomic mass is 16.3. The summed E-state index contributed by atoms with van der Waals surface area (Å²) in [6.07, 6.45) is 6.81. The van der Waals surface area contributed by atoms with E-state index in [4.69, 9.17) is 5.73 Å². The van der Waals surface area contributed by atoms with Gasteiger partial charge in [-0.1, -0.05) is 0 Å². The zero-order chi connectivity index (χ0) is 19.6. The molecule has 0 saturated heterocycles. The molecule has 8 heteroatoms. The monoisotopic (exact) mass is 376 g/mol. The maximum Gasteiger partial charge on any atom is 0.261 e. The Morgan fingerprint density at radius 1 is 1.32 bits per heavy atom. The predicted octanol–water partition coefficient (Wildman–Crippen LogP) is 2.02. The Morgan fingerprint density at radius 2 is 2.11 bits per heavy atom. The molecule has 1 saturated carbocycles. The van der Waals surface area contributed by atoms with Crippen molar-refractivity contribution in [2.75, 3.05) is 0 Å². The van der Waals surface area contributed by atoms with Crippen molar-refractivity contribution in [3.8, 4) is 17.1 Å². The fourth-order valence-corrected chi connectivity index (χ4v) is 3.93. The lowest BCUT2D eigenvalue weighted by molar-refractivity contribution is 0.262. The third-order valence-corrected chi connectivity index (χ3v) is 5.58. The zero-order valence-electron chi connectivity index (χ0n) is 15.6. The Kier molecular flexibility index (Phi) is 3.54. The largest absolute Gasteiger partial charge is 0.507 e. The summed E-state index contributed by atoms with van der Waals surface area (Å²) < 4.78 is 3.43. The number of nitrogens with zero attached hydrogens (tertiary/aromatic N) is 5. The number of fused-ring (bicyclic) bond motifs is 2. The first-order valence-electron chi connectivity index (χ1n) is 9.22. The highest BCUT2D eigenvalue weighted by Crippen LogP contribution is 2.35. The van der Waals surface area contributed by atoms with Crippen molar-refractivity contribution in [3.63, 3.8) is 0 Å². The number of aryl methyl sites for hydroxylation is 2. The number of hydrogen-bond donors (Lipinski definition) is 2. The third kappa shape index (κ3) is 2.41. The van der Waals surface area contributed by atoms with Gasteiger partial charge >= 0.3 is 0 Å². The van der Waals surface area contributed by atoms with Gasteiger partial charge in [-0.15, -0.1) is 0 Å². The molecule has 3 heterocycles. The summed E-state index contributed by atoms with van der Waals surface area (Å²) in [5, 5.41) is 16.4. The van der Waals surface area contributed by atoms with E-state index in [0.717, 1.165) is 23.7 Å². The molecule has 4 aromatic rings. The van der Waals surface area contributed by atoms with Crippen molar-refractivity contribution in [3.05, 3.63) is 46.6 Å². The van der Waals surface area contributed by atoms with Gasteiger partial charge in [0.15, 0.2) is 5.82 Å². The molecule has 1 aliphatic rings. The molecule has 0 amide bonds. The summed E-state index contributed by atoms with van der Waals surface area (Å²) >= 11 is 0. The lowest BCUT2D eigenvalue weighted by atomic mass is 9.87. The summed E-state index contributed by atoms with van der Waals surface area (Å²) in [5.74, 6) is 0.476. The highest BCUT2D eigenvalue weighted by Gasteiger charge is 2.28. The molecule has 8 nitrogen and oxygen atoms in total. The SMILES string of the molecule is Cc1c(O)c(-c2ncc3c(=O)n([C@H]4C[C@@H](N)C4)ccc3n2)cc2cn(C)nc12. The van der Waals surface area contributed by atoms with Crippen LogP contribution in [-0.4, -0.2) is 35.5 Å². The van der Waals surface area contributed by atoms with E-state index in [1.165, 1.54) is 6.20 Å². The number of hydrogen-bond acceptors (Lipinski definition) is 6. The van der Waals surface area contributed by atoms with Crippen LogP contribution < -0.4 is 11.3 Å². The molecule has 5 rings (SSSR count). The van der Waals surface area contributed by atoms with E-state index >= 15 is 0 Å². The molecule has 28 heavy (non-hydrogen) atoms. The van der Waals surface area contributed by atoms with Gasteiger partial charge in [-0.3, -0.25) is 9.48 Å². The van der Waals surface area contributed by atoms with Crippen LogP contribution in [0.4, 0.5) is 0 Å². The maximum atomic E-state index is 12.8. The van der Waals surface area contributed by atoms with E-state index in [1.807, 2.05) is 32.3 Å². The van der Waals surface area contributed by atoms with E-state index in [-0.39, 0.29) is 23.4 Å². The van der Waals surface area contributed by atoms with E-state index in [0.29, 0.717) is 27.9 Å². The maximum absolute atomic E-state index is 12.8. The van der Waals surface area contributed by atoms with E-state index in [9.17, 15) is 9.90 Å². The van der Waals surface area contributed by atoms with Gasteiger partial charge in [0.2, 0.25) is 0 Å². The van der Waals surface area contributed by atoms with Gasteiger partial charge in [-0.05, 0) is 31.9 Å². The fraction of sp³-hybridized carbons (Fsp3) is 0.300. The molecule has 1 aromatic carbocycles. The molecule has 1 aliphatic carbocycles. The Morgan fingerprint density at radius 3 is 2.86 bits per heavy atom. The number of phenols is 1. The molecule has 142 valence electrons. The first-order valence-corrected chi connectivity index (χ1v) is 9.22. The summed E-state index contributed by atoms with van der Waals surface area (Å²) in [6.45, 7) is 1.82. The van der Waals surface area contributed by atoms with Crippen LogP contribution in [0.5, 0.6) is 5.75 Å². The smallest absolute Gasteiger partial charge is 0.261 e. The van der Waals surface area contributed by atoms with Crippen LogP contribution in [0.2, 0.25) is 0 Å². The Hall–Kier alpha value is -3.26. The second-order valence-electron chi connectivity index (χ2n) is 7.54. The molecule has 0 radical (unpaired) electrons. The van der Waals surface area contributed by atoms with Crippen molar-refractivity contribution in [2.24, 2.45) is 12.8 Å². The van der Waals surface area contributed by atoms with Crippen LogP contribution in [0.1, 0.15) is 24.4 Å². The quantitative estimate of drug-likeness (QED) is 0.554.